The third-order valence-electron chi connectivity index (χ3n) is 6.03. The number of ether oxygens (including phenoxy) is 1. The summed E-state index contributed by atoms with van der Waals surface area (Å²) in [7, 11) is 0. The summed E-state index contributed by atoms with van der Waals surface area (Å²) in [5.74, 6) is 1.50. The number of carbonyl (C=O) groups excluding carboxylic acids is 1. The van der Waals surface area contributed by atoms with E-state index in [0.29, 0.717) is 35.3 Å². The number of allylic oxidation sites excluding steroid dienone is 1. The highest BCUT2D eigenvalue weighted by Crippen LogP contribution is 2.38. The van der Waals surface area contributed by atoms with E-state index in [1.165, 1.54) is 11.0 Å². The smallest absolute Gasteiger partial charge is 0.231 e. The quantitative estimate of drug-likeness (QED) is 0.499. The Balaban J connectivity index is 1.59. The first kappa shape index (κ1) is 23.8. The molecule has 0 aromatic heterocycles. The SMILES string of the molecule is CC(C)C[NH+](Cc1c([O-])ccc2c1OC(=Cc1ccc(-c3ccccc3)cc1)C2=O)CC(C)C. The van der Waals surface area contributed by atoms with Crippen LogP contribution < -0.4 is 14.7 Å². The molecule has 1 N–H and O–H groups in total. The number of Topliss-reactive ketones (excluding diaryl/α,β-unsaturated/α-hetero) is 1. The molecule has 0 saturated carbocycles. The van der Waals surface area contributed by atoms with Gasteiger partial charge in [-0.2, -0.15) is 0 Å². The first-order valence-electron chi connectivity index (χ1n) is 12.1. The van der Waals surface area contributed by atoms with Gasteiger partial charge in [0, 0.05) is 17.4 Å². The van der Waals surface area contributed by atoms with E-state index in [1.54, 1.807) is 12.1 Å². The molecule has 0 fully saturated rings. The summed E-state index contributed by atoms with van der Waals surface area (Å²) in [6.07, 6.45) is 1.76. The van der Waals surface area contributed by atoms with Crippen LogP contribution in [-0.4, -0.2) is 18.9 Å². The third kappa shape index (κ3) is 5.40. The van der Waals surface area contributed by atoms with Gasteiger partial charge in [-0.15, -0.1) is 0 Å². The number of benzene rings is 3. The molecule has 0 aliphatic carbocycles. The summed E-state index contributed by atoms with van der Waals surface area (Å²) in [6.45, 7) is 11.3. The predicted molar refractivity (Wildman–Crippen MR) is 135 cm³/mol. The van der Waals surface area contributed by atoms with E-state index >= 15 is 0 Å². The number of ketones is 1. The second-order valence-electron chi connectivity index (χ2n) is 9.97. The first-order valence-corrected chi connectivity index (χ1v) is 12.1. The van der Waals surface area contributed by atoms with Gasteiger partial charge in [-0.05, 0) is 28.8 Å². The van der Waals surface area contributed by atoms with Crippen LogP contribution in [0.15, 0.2) is 72.5 Å². The maximum Gasteiger partial charge on any atom is 0.231 e. The van der Waals surface area contributed by atoms with Gasteiger partial charge >= 0.3 is 0 Å². The number of quaternary nitrogens is 1. The fourth-order valence-electron chi connectivity index (χ4n) is 4.64. The van der Waals surface area contributed by atoms with Crippen LogP contribution in [0, 0.1) is 11.8 Å². The van der Waals surface area contributed by atoms with Gasteiger partial charge in [0.2, 0.25) is 5.78 Å². The molecule has 176 valence electrons. The minimum absolute atomic E-state index is 0.0648. The molecule has 3 aromatic carbocycles. The molecule has 4 nitrogen and oxygen atoms in total. The van der Waals surface area contributed by atoms with Crippen molar-refractivity contribution in [3.63, 3.8) is 0 Å². The lowest BCUT2D eigenvalue weighted by molar-refractivity contribution is -0.919. The second-order valence-corrected chi connectivity index (χ2v) is 9.97. The molecule has 1 heterocycles. The minimum Gasteiger partial charge on any atom is -0.872 e. The molecule has 0 saturated heterocycles. The van der Waals surface area contributed by atoms with E-state index in [9.17, 15) is 9.90 Å². The van der Waals surface area contributed by atoms with E-state index in [2.05, 4.69) is 39.8 Å². The highest BCUT2D eigenvalue weighted by Gasteiger charge is 2.31. The van der Waals surface area contributed by atoms with E-state index in [4.69, 9.17) is 4.74 Å². The molecule has 0 spiro atoms. The zero-order valence-corrected chi connectivity index (χ0v) is 20.4. The monoisotopic (exact) mass is 455 g/mol. The van der Waals surface area contributed by atoms with Crippen molar-refractivity contribution in [2.45, 2.75) is 34.2 Å². The maximum atomic E-state index is 13.1. The zero-order chi connectivity index (χ0) is 24.2. The molecule has 0 radical (unpaired) electrons. The third-order valence-corrected chi connectivity index (χ3v) is 6.03. The van der Waals surface area contributed by atoms with Crippen molar-refractivity contribution in [1.82, 2.24) is 0 Å². The van der Waals surface area contributed by atoms with Crippen molar-refractivity contribution in [1.29, 1.82) is 0 Å². The average molecular weight is 456 g/mol. The summed E-state index contributed by atoms with van der Waals surface area (Å²) >= 11 is 0. The van der Waals surface area contributed by atoms with Crippen molar-refractivity contribution in [2.75, 3.05) is 13.1 Å². The van der Waals surface area contributed by atoms with Crippen LogP contribution in [0.1, 0.15) is 49.2 Å². The van der Waals surface area contributed by atoms with Crippen molar-refractivity contribution in [2.24, 2.45) is 11.8 Å². The lowest BCUT2D eigenvalue weighted by Crippen LogP contribution is -3.11. The fourth-order valence-corrected chi connectivity index (χ4v) is 4.64. The topological polar surface area (TPSA) is 53.8 Å². The van der Waals surface area contributed by atoms with E-state index in [0.717, 1.165) is 29.8 Å². The Morgan fingerprint density at radius 3 is 2.09 bits per heavy atom. The van der Waals surface area contributed by atoms with Gasteiger partial charge in [0.05, 0.1) is 18.7 Å². The van der Waals surface area contributed by atoms with E-state index < -0.39 is 0 Å². The Labute approximate surface area is 202 Å². The van der Waals surface area contributed by atoms with E-state index in [1.807, 2.05) is 42.5 Å². The Morgan fingerprint density at radius 1 is 0.853 bits per heavy atom. The van der Waals surface area contributed by atoms with Crippen LogP contribution in [0.3, 0.4) is 0 Å². The number of fused-ring (bicyclic) bond motifs is 1. The Morgan fingerprint density at radius 2 is 1.47 bits per heavy atom. The van der Waals surface area contributed by atoms with Crippen molar-refractivity contribution >= 4 is 11.9 Å². The summed E-state index contributed by atoms with van der Waals surface area (Å²) in [6, 6.07) is 21.3. The number of carbonyl (C=O) groups is 1. The van der Waals surface area contributed by atoms with Gasteiger partial charge in [0.1, 0.15) is 12.3 Å². The van der Waals surface area contributed by atoms with Gasteiger partial charge in [-0.1, -0.05) is 94.1 Å². The molecule has 1 aliphatic heterocycles. The lowest BCUT2D eigenvalue weighted by atomic mass is 10.0. The Hall–Kier alpha value is -3.37. The summed E-state index contributed by atoms with van der Waals surface area (Å²) < 4.78 is 6.06. The van der Waals surface area contributed by atoms with Crippen LogP contribution in [0.2, 0.25) is 0 Å². The molecule has 4 heteroatoms. The standard InChI is InChI=1S/C30H33NO3/c1-20(2)17-31(18-21(3)4)19-26-27(32)15-14-25-29(33)28(34-30(25)26)16-22-10-12-24(13-11-22)23-8-6-5-7-9-23/h5-16,20-21,32H,17-19H2,1-4H3. The molecule has 1 aliphatic rings. The lowest BCUT2D eigenvalue weighted by Gasteiger charge is -2.26. The molecule has 0 unspecified atom stereocenters. The van der Waals surface area contributed by atoms with Gasteiger partial charge in [0.15, 0.2) is 5.76 Å². The maximum absolute atomic E-state index is 13.1. The largest absolute Gasteiger partial charge is 0.872 e. The van der Waals surface area contributed by atoms with Crippen molar-refractivity contribution in [3.8, 4) is 22.6 Å². The van der Waals surface area contributed by atoms with Gasteiger partial charge < -0.3 is 14.7 Å². The highest BCUT2D eigenvalue weighted by atomic mass is 16.5. The minimum atomic E-state index is -0.169. The van der Waals surface area contributed by atoms with Crippen LogP contribution in [0.4, 0.5) is 0 Å². The number of rotatable bonds is 8. The molecule has 0 atom stereocenters. The first-order chi connectivity index (χ1) is 16.3. The summed E-state index contributed by atoms with van der Waals surface area (Å²) in [5.41, 5.74) is 4.22. The van der Waals surface area contributed by atoms with Gasteiger partial charge in [-0.25, -0.2) is 0 Å². The van der Waals surface area contributed by atoms with Gasteiger partial charge in [0.25, 0.3) is 0 Å². The van der Waals surface area contributed by atoms with Crippen LogP contribution in [0.25, 0.3) is 17.2 Å². The van der Waals surface area contributed by atoms with Gasteiger partial charge in [-0.3, -0.25) is 4.79 Å². The fraction of sp³-hybridized carbons (Fsp3) is 0.300. The Bertz CT molecular complexity index is 1170. The number of nitrogens with one attached hydrogen (secondary N) is 1. The van der Waals surface area contributed by atoms with Crippen LogP contribution in [-0.2, 0) is 6.54 Å². The number of hydrogen-bond acceptors (Lipinski definition) is 3. The van der Waals surface area contributed by atoms with Crippen LogP contribution in [0.5, 0.6) is 11.5 Å². The second kappa shape index (κ2) is 10.3. The molecule has 34 heavy (non-hydrogen) atoms. The normalized spacial score (nSPS) is 14.3. The molecule has 3 aromatic rings. The summed E-state index contributed by atoms with van der Waals surface area (Å²) in [5, 5.41) is 12.8. The number of hydrogen-bond donors (Lipinski definition) is 1. The molecular weight excluding hydrogens is 422 g/mol. The Kier molecular flexibility index (Phi) is 7.18. The molecule has 0 amide bonds. The van der Waals surface area contributed by atoms with Crippen molar-refractivity contribution in [3.05, 3.63) is 89.2 Å². The zero-order valence-electron chi connectivity index (χ0n) is 20.4. The average Bonchev–Trinajstić information content (AvgIpc) is 3.11. The molecular formula is C30H33NO3. The predicted octanol–water partition coefficient (Wildman–Crippen LogP) is 4.74. The summed E-state index contributed by atoms with van der Waals surface area (Å²) in [4.78, 5) is 14.4. The van der Waals surface area contributed by atoms with Crippen molar-refractivity contribution < 1.29 is 19.5 Å². The van der Waals surface area contributed by atoms with Crippen LogP contribution >= 0.6 is 0 Å². The molecule has 0 bridgehead atoms. The highest BCUT2D eigenvalue weighted by molar-refractivity contribution is 6.15. The molecule has 4 rings (SSSR count). The van der Waals surface area contributed by atoms with E-state index in [-0.39, 0.29) is 17.3 Å².